The van der Waals surface area contributed by atoms with Gasteiger partial charge in [0.25, 0.3) is 0 Å². The van der Waals surface area contributed by atoms with Gasteiger partial charge >= 0.3 is 0 Å². The van der Waals surface area contributed by atoms with Crippen LogP contribution in [0.2, 0.25) is 0 Å². The first-order valence-corrected chi connectivity index (χ1v) is 8.19. The molecule has 114 valence electrons. The molecule has 0 N–H and O–H groups in total. The van der Waals surface area contributed by atoms with E-state index in [1.54, 1.807) is 0 Å². The molecule has 20 heavy (non-hydrogen) atoms. The highest BCUT2D eigenvalue weighted by molar-refractivity contribution is 5.20. The summed E-state index contributed by atoms with van der Waals surface area (Å²) in [4.78, 5) is 0. The fraction of sp³-hybridized carbons (Fsp3) is 0.667. The Kier molecular flexibility index (Phi) is 11.1. The lowest BCUT2D eigenvalue weighted by Gasteiger charge is -2.07. The van der Waals surface area contributed by atoms with Crippen LogP contribution in [0.4, 0.5) is 0 Å². The van der Waals surface area contributed by atoms with E-state index in [4.69, 9.17) is 9.47 Å². The quantitative estimate of drug-likeness (QED) is 0.460. The summed E-state index contributed by atoms with van der Waals surface area (Å²) < 4.78 is 11.1. The Labute approximate surface area is 124 Å². The van der Waals surface area contributed by atoms with Gasteiger partial charge in [0.2, 0.25) is 0 Å². The van der Waals surface area contributed by atoms with Gasteiger partial charge in [-0.3, -0.25) is 0 Å². The third-order valence-electron chi connectivity index (χ3n) is 3.38. The minimum Gasteiger partial charge on any atom is -0.491 e. The molecule has 1 aromatic rings. The number of ether oxygens (including phenoxy) is 2. The molecule has 0 aliphatic rings. The average molecular weight is 278 g/mol. The molecule has 0 radical (unpaired) electrons. The zero-order chi connectivity index (χ0) is 14.3. The minimum absolute atomic E-state index is 0.640. The van der Waals surface area contributed by atoms with Crippen molar-refractivity contribution in [1.29, 1.82) is 0 Å². The third-order valence-corrected chi connectivity index (χ3v) is 3.38. The molecule has 0 fully saturated rings. The van der Waals surface area contributed by atoms with E-state index in [9.17, 15) is 0 Å². The SMILES string of the molecule is CCCCCCCCCCOCCOc1ccccc1. The standard InChI is InChI=1S/C18H30O2/c1-2-3-4-5-6-7-8-12-15-19-16-17-20-18-13-10-9-11-14-18/h9-11,13-14H,2-8,12,15-17H2,1H3. The molecule has 0 saturated heterocycles. The largest absolute Gasteiger partial charge is 0.491 e. The highest BCUT2D eigenvalue weighted by atomic mass is 16.5. The molecule has 1 aromatic carbocycles. The van der Waals surface area contributed by atoms with E-state index in [2.05, 4.69) is 6.92 Å². The molecule has 0 aliphatic heterocycles. The molecule has 0 saturated carbocycles. The highest BCUT2D eigenvalue weighted by Gasteiger charge is 1.94. The molecule has 0 heterocycles. The van der Waals surface area contributed by atoms with Crippen LogP contribution >= 0.6 is 0 Å². The number of hydrogen-bond donors (Lipinski definition) is 0. The van der Waals surface area contributed by atoms with E-state index < -0.39 is 0 Å². The van der Waals surface area contributed by atoms with Gasteiger partial charge in [-0.1, -0.05) is 70.1 Å². The van der Waals surface area contributed by atoms with E-state index in [-0.39, 0.29) is 0 Å². The van der Waals surface area contributed by atoms with Crippen LogP contribution in [0.5, 0.6) is 5.75 Å². The summed E-state index contributed by atoms with van der Waals surface area (Å²) in [5, 5.41) is 0. The summed E-state index contributed by atoms with van der Waals surface area (Å²) in [6.45, 7) is 4.46. The van der Waals surface area contributed by atoms with Gasteiger partial charge in [0.05, 0.1) is 6.61 Å². The average Bonchev–Trinajstić information content (AvgIpc) is 2.49. The Balaban J connectivity index is 1.77. The van der Waals surface area contributed by atoms with Crippen molar-refractivity contribution in [1.82, 2.24) is 0 Å². The summed E-state index contributed by atoms with van der Waals surface area (Å²) in [7, 11) is 0. The highest BCUT2D eigenvalue weighted by Crippen LogP contribution is 2.09. The van der Waals surface area contributed by atoms with E-state index in [1.165, 1.54) is 51.4 Å². The lowest BCUT2D eigenvalue weighted by Crippen LogP contribution is -2.07. The molecule has 0 atom stereocenters. The predicted octanol–water partition coefficient (Wildman–Crippen LogP) is 5.22. The lowest BCUT2D eigenvalue weighted by atomic mass is 10.1. The van der Waals surface area contributed by atoms with Gasteiger partial charge in [0, 0.05) is 6.61 Å². The molecule has 0 unspecified atom stereocenters. The van der Waals surface area contributed by atoms with Crippen LogP contribution in [0.1, 0.15) is 58.3 Å². The van der Waals surface area contributed by atoms with Crippen LogP contribution in [0.15, 0.2) is 30.3 Å². The monoisotopic (exact) mass is 278 g/mol. The van der Waals surface area contributed by atoms with Crippen LogP contribution in [-0.2, 0) is 4.74 Å². The predicted molar refractivity (Wildman–Crippen MR) is 85.4 cm³/mol. The maximum absolute atomic E-state index is 5.58. The third kappa shape index (κ3) is 9.85. The number of rotatable bonds is 13. The van der Waals surface area contributed by atoms with Gasteiger partial charge in [0.1, 0.15) is 12.4 Å². The topological polar surface area (TPSA) is 18.5 Å². The van der Waals surface area contributed by atoms with Crippen LogP contribution in [0.3, 0.4) is 0 Å². The number of unbranched alkanes of at least 4 members (excludes halogenated alkanes) is 7. The van der Waals surface area contributed by atoms with Crippen LogP contribution < -0.4 is 4.74 Å². The van der Waals surface area contributed by atoms with Gasteiger partial charge in [-0.15, -0.1) is 0 Å². The van der Waals surface area contributed by atoms with Crippen molar-refractivity contribution >= 4 is 0 Å². The van der Waals surface area contributed by atoms with Gasteiger partial charge in [-0.05, 0) is 18.6 Å². The molecular formula is C18H30O2. The smallest absolute Gasteiger partial charge is 0.119 e. The van der Waals surface area contributed by atoms with E-state index in [0.29, 0.717) is 13.2 Å². The number of para-hydroxylation sites is 1. The Morgan fingerprint density at radius 3 is 2.05 bits per heavy atom. The molecule has 0 aliphatic carbocycles. The van der Waals surface area contributed by atoms with Crippen molar-refractivity contribution in [2.24, 2.45) is 0 Å². The molecule has 2 nitrogen and oxygen atoms in total. The maximum Gasteiger partial charge on any atom is 0.119 e. The van der Waals surface area contributed by atoms with Gasteiger partial charge in [0.15, 0.2) is 0 Å². The minimum atomic E-state index is 0.640. The molecular weight excluding hydrogens is 248 g/mol. The maximum atomic E-state index is 5.58. The van der Waals surface area contributed by atoms with Crippen molar-refractivity contribution in [3.05, 3.63) is 30.3 Å². The lowest BCUT2D eigenvalue weighted by molar-refractivity contribution is 0.0970. The fourth-order valence-electron chi connectivity index (χ4n) is 2.18. The van der Waals surface area contributed by atoms with Crippen molar-refractivity contribution < 1.29 is 9.47 Å². The molecule has 0 bridgehead atoms. The van der Waals surface area contributed by atoms with Crippen LogP contribution in [0.25, 0.3) is 0 Å². The first-order valence-electron chi connectivity index (χ1n) is 8.19. The molecule has 0 aromatic heterocycles. The zero-order valence-electron chi connectivity index (χ0n) is 13.0. The number of hydrogen-bond acceptors (Lipinski definition) is 2. The summed E-state index contributed by atoms with van der Waals surface area (Å²) in [5.74, 6) is 0.920. The van der Waals surface area contributed by atoms with Crippen LogP contribution in [-0.4, -0.2) is 19.8 Å². The Hall–Kier alpha value is -1.02. The van der Waals surface area contributed by atoms with Gasteiger partial charge in [-0.2, -0.15) is 0 Å². The van der Waals surface area contributed by atoms with Gasteiger partial charge in [-0.25, -0.2) is 0 Å². The second-order valence-electron chi connectivity index (χ2n) is 5.25. The fourth-order valence-corrected chi connectivity index (χ4v) is 2.18. The molecule has 1 rings (SSSR count). The normalized spacial score (nSPS) is 10.7. The Morgan fingerprint density at radius 2 is 1.35 bits per heavy atom. The summed E-state index contributed by atoms with van der Waals surface area (Å²) in [5.41, 5.74) is 0. The zero-order valence-corrected chi connectivity index (χ0v) is 13.0. The van der Waals surface area contributed by atoms with Gasteiger partial charge < -0.3 is 9.47 Å². The van der Waals surface area contributed by atoms with E-state index >= 15 is 0 Å². The second kappa shape index (κ2) is 13.0. The second-order valence-corrected chi connectivity index (χ2v) is 5.25. The first-order chi connectivity index (χ1) is 9.93. The van der Waals surface area contributed by atoms with Crippen LogP contribution in [0, 0.1) is 0 Å². The summed E-state index contributed by atoms with van der Waals surface area (Å²) in [6.07, 6.45) is 10.8. The van der Waals surface area contributed by atoms with E-state index in [1.807, 2.05) is 30.3 Å². The van der Waals surface area contributed by atoms with Crippen molar-refractivity contribution in [3.8, 4) is 5.75 Å². The Bertz CT molecular complexity index is 298. The van der Waals surface area contributed by atoms with Crippen molar-refractivity contribution in [2.45, 2.75) is 58.3 Å². The Morgan fingerprint density at radius 1 is 0.700 bits per heavy atom. The van der Waals surface area contributed by atoms with E-state index in [0.717, 1.165) is 12.4 Å². The number of benzene rings is 1. The first kappa shape index (κ1) is 17.0. The molecule has 0 spiro atoms. The summed E-state index contributed by atoms with van der Waals surface area (Å²) in [6, 6.07) is 9.90. The van der Waals surface area contributed by atoms with Crippen molar-refractivity contribution in [2.75, 3.05) is 19.8 Å². The van der Waals surface area contributed by atoms with Crippen molar-refractivity contribution in [3.63, 3.8) is 0 Å². The molecule has 0 amide bonds. The summed E-state index contributed by atoms with van der Waals surface area (Å²) >= 11 is 0. The molecule has 2 heteroatoms.